The van der Waals surface area contributed by atoms with E-state index in [2.05, 4.69) is 5.32 Å². The van der Waals surface area contributed by atoms with E-state index in [0.717, 1.165) is 6.07 Å². The van der Waals surface area contributed by atoms with Gasteiger partial charge in [-0.05, 0) is 19.1 Å². The number of nitro benzene ring substituents is 1. The summed E-state index contributed by atoms with van der Waals surface area (Å²) in [6.45, 7) is 3.84. The van der Waals surface area contributed by atoms with Gasteiger partial charge in [-0.3, -0.25) is 19.8 Å². The lowest BCUT2D eigenvalue weighted by Crippen LogP contribution is -2.51. The highest BCUT2D eigenvalue weighted by Crippen LogP contribution is 2.30. The molecule has 2 rings (SSSR count). The van der Waals surface area contributed by atoms with Crippen LogP contribution in [-0.2, 0) is 14.8 Å². The number of hydrogen-bond acceptors (Lipinski definition) is 7. The monoisotopic (exact) mass is 386 g/mol. The number of hydrogen-bond donors (Lipinski definition) is 1. The molecule has 1 aliphatic heterocycles. The molecule has 0 atom stereocenters. The van der Waals surface area contributed by atoms with Crippen molar-refractivity contribution >= 4 is 21.6 Å². The third-order valence-electron chi connectivity index (χ3n) is 4.06. The summed E-state index contributed by atoms with van der Waals surface area (Å²) in [6, 6.07) is 3.58. The quantitative estimate of drug-likeness (QED) is 0.519. The van der Waals surface area contributed by atoms with Crippen molar-refractivity contribution in [3.63, 3.8) is 0 Å². The molecule has 0 spiro atoms. The molecule has 1 fully saturated rings. The van der Waals surface area contributed by atoms with Gasteiger partial charge in [-0.2, -0.15) is 4.31 Å². The molecule has 0 unspecified atom stereocenters. The zero-order valence-electron chi connectivity index (χ0n) is 14.7. The molecule has 1 aromatic carbocycles. The summed E-state index contributed by atoms with van der Waals surface area (Å²) in [4.78, 5) is 23.8. The largest absolute Gasteiger partial charge is 0.490 e. The molecule has 1 aromatic rings. The Kier molecular flexibility index (Phi) is 6.51. The molecule has 1 saturated heterocycles. The van der Waals surface area contributed by atoms with Gasteiger partial charge in [0.1, 0.15) is 0 Å². The molecule has 11 heteroatoms. The van der Waals surface area contributed by atoms with Crippen molar-refractivity contribution in [2.75, 3.05) is 46.4 Å². The predicted molar refractivity (Wildman–Crippen MR) is 93.5 cm³/mol. The number of methoxy groups -OCH3 is 1. The van der Waals surface area contributed by atoms with Crippen molar-refractivity contribution < 1.29 is 22.9 Å². The maximum absolute atomic E-state index is 12.8. The average molecular weight is 386 g/mol. The molecule has 1 heterocycles. The van der Waals surface area contributed by atoms with E-state index in [-0.39, 0.29) is 36.2 Å². The number of likely N-dealkylation sites (N-methyl/N-ethyl adjacent to an activating group) is 1. The summed E-state index contributed by atoms with van der Waals surface area (Å²) < 4.78 is 31.7. The van der Waals surface area contributed by atoms with Crippen LogP contribution >= 0.6 is 0 Å². The highest BCUT2D eigenvalue weighted by atomic mass is 32.2. The first kappa shape index (κ1) is 20.1. The SMILES string of the molecule is CCNC(=O)CN1CCN(S(=O)(=O)c2ccc(OC)c([N+](=O)[O-])c2)CC1. The van der Waals surface area contributed by atoms with Gasteiger partial charge >= 0.3 is 5.69 Å². The summed E-state index contributed by atoms with van der Waals surface area (Å²) in [6.07, 6.45) is 0. The molecule has 26 heavy (non-hydrogen) atoms. The number of piperazine rings is 1. The van der Waals surface area contributed by atoms with Crippen molar-refractivity contribution in [2.45, 2.75) is 11.8 Å². The number of sulfonamides is 1. The van der Waals surface area contributed by atoms with Crippen LogP contribution in [0.1, 0.15) is 6.92 Å². The van der Waals surface area contributed by atoms with Gasteiger partial charge in [0.25, 0.3) is 0 Å². The molecule has 0 aliphatic carbocycles. The number of carbonyl (C=O) groups is 1. The van der Waals surface area contributed by atoms with Crippen molar-refractivity contribution in [2.24, 2.45) is 0 Å². The fourth-order valence-corrected chi connectivity index (χ4v) is 4.15. The molecule has 0 radical (unpaired) electrons. The second kappa shape index (κ2) is 8.43. The van der Waals surface area contributed by atoms with E-state index in [1.807, 2.05) is 11.8 Å². The second-order valence-electron chi connectivity index (χ2n) is 5.72. The minimum atomic E-state index is -3.86. The van der Waals surface area contributed by atoms with Crippen LogP contribution in [0.3, 0.4) is 0 Å². The van der Waals surface area contributed by atoms with Crippen molar-refractivity contribution in [1.29, 1.82) is 0 Å². The Hall–Kier alpha value is -2.24. The minimum Gasteiger partial charge on any atom is -0.490 e. The first-order chi connectivity index (χ1) is 12.3. The topological polar surface area (TPSA) is 122 Å². The van der Waals surface area contributed by atoms with E-state index in [0.29, 0.717) is 19.6 Å². The van der Waals surface area contributed by atoms with Gasteiger partial charge in [-0.15, -0.1) is 0 Å². The number of benzene rings is 1. The molecule has 0 bridgehead atoms. The minimum absolute atomic E-state index is 0.000654. The maximum atomic E-state index is 12.8. The molecule has 10 nitrogen and oxygen atoms in total. The Labute approximate surface area is 151 Å². The van der Waals surface area contributed by atoms with Crippen LogP contribution in [0.25, 0.3) is 0 Å². The summed E-state index contributed by atoms with van der Waals surface area (Å²) in [5.41, 5.74) is -0.400. The molecule has 0 aromatic heterocycles. The van der Waals surface area contributed by atoms with Crippen LogP contribution in [0, 0.1) is 10.1 Å². The van der Waals surface area contributed by atoms with E-state index < -0.39 is 20.6 Å². The fraction of sp³-hybridized carbons (Fsp3) is 0.533. The van der Waals surface area contributed by atoms with Crippen LogP contribution < -0.4 is 10.1 Å². The first-order valence-corrected chi connectivity index (χ1v) is 9.55. The third-order valence-corrected chi connectivity index (χ3v) is 5.95. The van der Waals surface area contributed by atoms with E-state index in [9.17, 15) is 23.3 Å². The highest BCUT2D eigenvalue weighted by Gasteiger charge is 2.31. The number of rotatable bonds is 7. The van der Waals surface area contributed by atoms with Crippen LogP contribution in [0.5, 0.6) is 5.75 Å². The normalized spacial score (nSPS) is 16.2. The summed E-state index contributed by atoms with van der Waals surface area (Å²) in [5, 5.41) is 13.8. The van der Waals surface area contributed by atoms with Gasteiger partial charge in [0.15, 0.2) is 5.75 Å². The van der Waals surface area contributed by atoms with Crippen LogP contribution in [-0.4, -0.2) is 74.8 Å². The van der Waals surface area contributed by atoms with E-state index >= 15 is 0 Å². The van der Waals surface area contributed by atoms with Gasteiger partial charge in [0, 0.05) is 38.8 Å². The van der Waals surface area contributed by atoms with E-state index in [1.165, 1.54) is 23.5 Å². The smallest absolute Gasteiger partial charge is 0.312 e. The lowest BCUT2D eigenvalue weighted by molar-refractivity contribution is -0.386. The number of amides is 1. The average Bonchev–Trinajstić information content (AvgIpc) is 2.61. The zero-order chi connectivity index (χ0) is 19.3. The van der Waals surface area contributed by atoms with Crippen LogP contribution in [0.2, 0.25) is 0 Å². The van der Waals surface area contributed by atoms with Crippen molar-refractivity contribution in [1.82, 2.24) is 14.5 Å². The number of nitro groups is 1. The highest BCUT2D eigenvalue weighted by molar-refractivity contribution is 7.89. The molecule has 0 saturated carbocycles. The second-order valence-corrected chi connectivity index (χ2v) is 7.66. The lowest BCUT2D eigenvalue weighted by Gasteiger charge is -2.33. The van der Waals surface area contributed by atoms with Crippen LogP contribution in [0.15, 0.2) is 23.1 Å². The van der Waals surface area contributed by atoms with Crippen LogP contribution in [0.4, 0.5) is 5.69 Å². The molecule has 144 valence electrons. The number of nitrogens with zero attached hydrogens (tertiary/aromatic N) is 3. The molecular formula is C15H22N4O6S. The molecule has 1 amide bonds. The Bertz CT molecular complexity index is 774. The number of carbonyl (C=O) groups excluding carboxylic acids is 1. The van der Waals surface area contributed by atoms with E-state index in [4.69, 9.17) is 4.74 Å². The fourth-order valence-electron chi connectivity index (χ4n) is 2.71. The number of ether oxygens (including phenoxy) is 1. The summed E-state index contributed by atoms with van der Waals surface area (Å²) in [5.74, 6) is -0.102. The maximum Gasteiger partial charge on any atom is 0.312 e. The Morgan fingerprint density at radius 3 is 2.50 bits per heavy atom. The summed E-state index contributed by atoms with van der Waals surface area (Å²) >= 11 is 0. The van der Waals surface area contributed by atoms with Crippen molar-refractivity contribution in [3.05, 3.63) is 28.3 Å². The Morgan fingerprint density at radius 2 is 1.96 bits per heavy atom. The first-order valence-electron chi connectivity index (χ1n) is 8.11. The number of nitrogens with one attached hydrogen (secondary N) is 1. The van der Waals surface area contributed by atoms with Crippen molar-refractivity contribution in [3.8, 4) is 5.75 Å². The van der Waals surface area contributed by atoms with Gasteiger partial charge in [-0.1, -0.05) is 0 Å². The lowest BCUT2D eigenvalue weighted by atomic mass is 10.3. The predicted octanol–water partition coefficient (Wildman–Crippen LogP) is 0.0458. The Morgan fingerprint density at radius 1 is 1.31 bits per heavy atom. The molecular weight excluding hydrogens is 364 g/mol. The van der Waals surface area contributed by atoms with Gasteiger partial charge in [0.05, 0.1) is 23.5 Å². The zero-order valence-corrected chi connectivity index (χ0v) is 15.5. The van der Waals surface area contributed by atoms with Gasteiger partial charge in [-0.25, -0.2) is 8.42 Å². The molecule has 1 aliphatic rings. The summed E-state index contributed by atoms with van der Waals surface area (Å²) in [7, 11) is -2.58. The standard InChI is InChI=1S/C15H22N4O6S/c1-3-16-15(20)11-17-6-8-18(9-7-17)26(23,24)12-4-5-14(25-2)13(10-12)19(21)22/h4-5,10H,3,6-9,11H2,1-2H3,(H,16,20). The van der Waals surface area contributed by atoms with E-state index in [1.54, 1.807) is 0 Å². The van der Waals surface area contributed by atoms with Gasteiger partial charge in [0.2, 0.25) is 15.9 Å². The Balaban J connectivity index is 2.11. The van der Waals surface area contributed by atoms with Gasteiger partial charge < -0.3 is 10.1 Å². The third kappa shape index (κ3) is 4.48. The molecule has 1 N–H and O–H groups in total.